The molecule has 8 nitrogen and oxygen atoms in total. The van der Waals surface area contributed by atoms with Crippen molar-refractivity contribution >= 4 is 21.6 Å². The number of benzene rings is 2. The SMILES string of the molecule is COc1ccc(/C=C/S(=O)(=O)Cc2ccc(OC)c([N+](=O)[O-])c2)c(OC)c1. The number of hydrogen-bond acceptors (Lipinski definition) is 7. The average molecular weight is 393 g/mol. The number of hydrogen-bond donors (Lipinski definition) is 0. The molecule has 0 N–H and O–H groups in total. The van der Waals surface area contributed by atoms with E-state index in [1.54, 1.807) is 18.2 Å². The summed E-state index contributed by atoms with van der Waals surface area (Å²) < 4.78 is 40.0. The first kappa shape index (κ1) is 20.2. The highest BCUT2D eigenvalue weighted by Crippen LogP contribution is 2.29. The molecule has 2 rings (SSSR count). The molecule has 0 aliphatic carbocycles. The van der Waals surface area contributed by atoms with Crippen LogP contribution in [0.4, 0.5) is 5.69 Å². The number of rotatable bonds is 8. The Bertz CT molecular complexity index is 968. The average Bonchev–Trinajstić information content (AvgIpc) is 2.65. The summed E-state index contributed by atoms with van der Waals surface area (Å²) in [6, 6.07) is 9.03. The topological polar surface area (TPSA) is 105 Å². The lowest BCUT2D eigenvalue weighted by atomic mass is 10.2. The summed E-state index contributed by atoms with van der Waals surface area (Å²) in [6.07, 6.45) is 1.41. The minimum absolute atomic E-state index is 0.0691. The molecule has 144 valence electrons. The predicted molar refractivity (Wildman–Crippen MR) is 101 cm³/mol. The van der Waals surface area contributed by atoms with E-state index in [2.05, 4.69) is 0 Å². The van der Waals surface area contributed by atoms with E-state index < -0.39 is 14.8 Å². The summed E-state index contributed by atoms with van der Waals surface area (Å²) in [5, 5.41) is 12.1. The molecule has 0 spiro atoms. The van der Waals surface area contributed by atoms with Crippen molar-refractivity contribution in [3.63, 3.8) is 0 Å². The van der Waals surface area contributed by atoms with E-state index in [0.29, 0.717) is 17.1 Å². The van der Waals surface area contributed by atoms with Crippen LogP contribution in [-0.2, 0) is 15.6 Å². The zero-order valence-corrected chi connectivity index (χ0v) is 15.9. The number of methoxy groups -OCH3 is 3. The fraction of sp³-hybridized carbons (Fsp3) is 0.222. The molecular formula is C18H19NO7S. The lowest BCUT2D eigenvalue weighted by molar-refractivity contribution is -0.385. The van der Waals surface area contributed by atoms with Crippen LogP contribution in [0, 0.1) is 10.1 Å². The number of sulfone groups is 1. The largest absolute Gasteiger partial charge is 0.497 e. The molecule has 0 radical (unpaired) electrons. The van der Waals surface area contributed by atoms with Gasteiger partial charge in [-0.05, 0) is 29.8 Å². The van der Waals surface area contributed by atoms with Crippen molar-refractivity contribution < 1.29 is 27.6 Å². The van der Waals surface area contributed by atoms with Gasteiger partial charge in [-0.15, -0.1) is 0 Å². The van der Waals surface area contributed by atoms with Crippen molar-refractivity contribution in [2.24, 2.45) is 0 Å². The molecule has 2 aromatic rings. The van der Waals surface area contributed by atoms with Crippen molar-refractivity contribution in [2.75, 3.05) is 21.3 Å². The maximum absolute atomic E-state index is 12.4. The van der Waals surface area contributed by atoms with E-state index in [4.69, 9.17) is 14.2 Å². The summed E-state index contributed by atoms with van der Waals surface area (Å²) in [6.45, 7) is 0. The lowest BCUT2D eigenvalue weighted by Crippen LogP contribution is -2.02. The molecule has 2 aromatic carbocycles. The van der Waals surface area contributed by atoms with Crippen LogP contribution < -0.4 is 14.2 Å². The highest BCUT2D eigenvalue weighted by Gasteiger charge is 2.17. The number of ether oxygens (including phenoxy) is 3. The molecule has 0 aromatic heterocycles. The van der Waals surface area contributed by atoms with Crippen molar-refractivity contribution in [3.05, 3.63) is 63.0 Å². The smallest absolute Gasteiger partial charge is 0.311 e. The van der Waals surface area contributed by atoms with Crippen molar-refractivity contribution in [1.82, 2.24) is 0 Å². The Morgan fingerprint density at radius 1 is 1.00 bits per heavy atom. The Morgan fingerprint density at radius 3 is 2.30 bits per heavy atom. The van der Waals surface area contributed by atoms with Crippen LogP contribution in [0.25, 0.3) is 6.08 Å². The molecule has 9 heteroatoms. The van der Waals surface area contributed by atoms with Crippen molar-refractivity contribution in [2.45, 2.75) is 5.75 Å². The molecule has 0 heterocycles. The Kier molecular flexibility index (Phi) is 6.40. The molecule has 27 heavy (non-hydrogen) atoms. The monoisotopic (exact) mass is 393 g/mol. The second-order valence-corrected chi connectivity index (χ2v) is 7.37. The Morgan fingerprint density at radius 2 is 1.70 bits per heavy atom. The minimum Gasteiger partial charge on any atom is -0.497 e. The summed E-state index contributed by atoms with van der Waals surface area (Å²) in [7, 11) is 0.629. The van der Waals surface area contributed by atoms with E-state index >= 15 is 0 Å². The van der Waals surface area contributed by atoms with Crippen molar-refractivity contribution in [3.8, 4) is 17.2 Å². The van der Waals surface area contributed by atoms with Gasteiger partial charge in [0.25, 0.3) is 0 Å². The van der Waals surface area contributed by atoms with Crippen LogP contribution in [0.3, 0.4) is 0 Å². The Hall–Kier alpha value is -3.07. The molecule has 0 aliphatic rings. The van der Waals surface area contributed by atoms with E-state index in [9.17, 15) is 18.5 Å². The van der Waals surface area contributed by atoms with Gasteiger partial charge in [-0.1, -0.05) is 6.07 Å². The van der Waals surface area contributed by atoms with Crippen molar-refractivity contribution in [1.29, 1.82) is 0 Å². The molecule has 0 aliphatic heterocycles. The second-order valence-electron chi connectivity index (χ2n) is 5.48. The van der Waals surface area contributed by atoms with Gasteiger partial charge in [0.15, 0.2) is 15.6 Å². The van der Waals surface area contributed by atoms with Gasteiger partial charge in [-0.3, -0.25) is 10.1 Å². The summed E-state index contributed by atoms with van der Waals surface area (Å²) >= 11 is 0. The zero-order chi connectivity index (χ0) is 20.0. The third kappa shape index (κ3) is 5.20. The third-order valence-electron chi connectivity index (χ3n) is 3.70. The minimum atomic E-state index is -3.67. The van der Waals surface area contributed by atoms with E-state index in [-0.39, 0.29) is 22.8 Å². The zero-order valence-electron chi connectivity index (χ0n) is 15.0. The number of nitrogens with zero attached hydrogens (tertiary/aromatic N) is 1. The first-order valence-corrected chi connectivity index (χ1v) is 9.45. The lowest BCUT2D eigenvalue weighted by Gasteiger charge is -2.07. The Labute approximate surface area is 157 Å². The number of nitro benzene ring substituents is 1. The molecule has 0 bridgehead atoms. The third-order valence-corrected chi connectivity index (χ3v) is 4.99. The Balaban J connectivity index is 2.26. The van der Waals surface area contributed by atoms with Gasteiger partial charge in [0.05, 0.1) is 32.0 Å². The highest BCUT2D eigenvalue weighted by atomic mass is 32.2. The summed E-state index contributed by atoms with van der Waals surface area (Å²) in [5.41, 5.74) is 0.558. The highest BCUT2D eigenvalue weighted by molar-refractivity contribution is 7.93. The van der Waals surface area contributed by atoms with Gasteiger partial charge >= 0.3 is 5.69 Å². The van der Waals surface area contributed by atoms with Crippen LogP contribution in [-0.4, -0.2) is 34.7 Å². The van der Waals surface area contributed by atoms with Gasteiger partial charge in [0.1, 0.15) is 11.5 Å². The van der Waals surface area contributed by atoms with Gasteiger partial charge in [0, 0.05) is 23.1 Å². The van der Waals surface area contributed by atoms with E-state index in [1.807, 2.05) is 0 Å². The molecular weight excluding hydrogens is 374 g/mol. The standard InChI is InChI=1S/C18H19NO7S/c1-24-15-6-5-14(18(11-15)26-3)8-9-27(22,23)12-13-4-7-17(25-2)16(10-13)19(20)21/h4-11H,12H2,1-3H3/b9-8+. The summed E-state index contributed by atoms with van der Waals surface area (Å²) in [5.74, 6) is 0.727. The first-order chi connectivity index (χ1) is 12.8. The van der Waals surface area contributed by atoms with Crippen LogP contribution in [0.15, 0.2) is 41.8 Å². The fourth-order valence-corrected chi connectivity index (χ4v) is 3.48. The maximum atomic E-state index is 12.4. The molecule has 0 saturated carbocycles. The van der Waals surface area contributed by atoms with Gasteiger partial charge < -0.3 is 14.2 Å². The molecule has 0 unspecified atom stereocenters. The number of nitro groups is 1. The first-order valence-electron chi connectivity index (χ1n) is 7.74. The molecule has 0 fully saturated rings. The van der Waals surface area contributed by atoms with E-state index in [0.717, 1.165) is 5.41 Å². The molecule has 0 atom stereocenters. The van der Waals surface area contributed by atoms with Gasteiger partial charge in [-0.2, -0.15) is 0 Å². The van der Waals surface area contributed by atoms with Gasteiger partial charge in [-0.25, -0.2) is 8.42 Å². The normalized spacial score (nSPS) is 11.4. The van der Waals surface area contributed by atoms with Crippen LogP contribution in [0.5, 0.6) is 17.2 Å². The van der Waals surface area contributed by atoms with E-state index in [1.165, 1.54) is 45.6 Å². The van der Waals surface area contributed by atoms with Crippen LogP contribution in [0.1, 0.15) is 11.1 Å². The van der Waals surface area contributed by atoms with Crippen LogP contribution in [0.2, 0.25) is 0 Å². The fourth-order valence-electron chi connectivity index (χ4n) is 2.38. The second kappa shape index (κ2) is 8.54. The maximum Gasteiger partial charge on any atom is 0.311 e. The van der Waals surface area contributed by atoms with Gasteiger partial charge in [0.2, 0.25) is 0 Å². The predicted octanol–water partition coefficient (Wildman–Crippen LogP) is 3.21. The van der Waals surface area contributed by atoms with Crippen LogP contribution >= 0.6 is 0 Å². The summed E-state index contributed by atoms with van der Waals surface area (Å²) in [4.78, 5) is 10.5. The molecule has 0 saturated heterocycles. The quantitative estimate of drug-likeness (QED) is 0.501. The molecule has 0 amide bonds.